The third-order valence-electron chi connectivity index (χ3n) is 2.14. The molecule has 1 rings (SSSR count). The number of rotatable bonds is 5. The molecule has 0 saturated carbocycles. The van der Waals surface area contributed by atoms with Gasteiger partial charge in [0.25, 0.3) is 6.47 Å². The van der Waals surface area contributed by atoms with Gasteiger partial charge in [0.05, 0.1) is 7.11 Å². The van der Waals surface area contributed by atoms with Crippen molar-refractivity contribution in [3.8, 4) is 0 Å². The minimum Gasteiger partial charge on any atom is -0.468 e. The molecule has 2 atom stereocenters. The van der Waals surface area contributed by atoms with E-state index in [9.17, 15) is 9.59 Å². The van der Waals surface area contributed by atoms with E-state index in [2.05, 4.69) is 4.74 Å². The summed E-state index contributed by atoms with van der Waals surface area (Å²) in [5.41, 5.74) is -0.551. The highest BCUT2D eigenvalue weighted by atomic mass is 16.5. The van der Waals surface area contributed by atoms with E-state index in [4.69, 9.17) is 4.74 Å². The molecule has 0 aromatic rings. The van der Waals surface area contributed by atoms with Crippen molar-refractivity contribution in [3.63, 3.8) is 0 Å². The lowest BCUT2D eigenvalue weighted by atomic mass is 10.1. The van der Waals surface area contributed by atoms with E-state index in [1.807, 2.05) is 4.90 Å². The first kappa shape index (κ1) is 11.0. The Morgan fingerprint density at radius 3 is 2.79 bits per heavy atom. The zero-order valence-electron chi connectivity index (χ0n) is 8.65. The number of ether oxygens (including phenoxy) is 2. The Morgan fingerprint density at radius 1 is 1.64 bits per heavy atom. The van der Waals surface area contributed by atoms with Crippen LogP contribution in [-0.4, -0.2) is 49.2 Å². The van der Waals surface area contributed by atoms with Crippen molar-refractivity contribution in [1.82, 2.24) is 4.90 Å². The normalized spacial score (nSPS) is 25.4. The van der Waals surface area contributed by atoms with Crippen LogP contribution in [-0.2, 0) is 19.1 Å². The second-order valence-corrected chi connectivity index (χ2v) is 3.94. The lowest BCUT2D eigenvalue weighted by molar-refractivity contribution is -0.142. The molecule has 1 aliphatic rings. The quantitative estimate of drug-likeness (QED) is 0.350. The first-order chi connectivity index (χ1) is 6.50. The second-order valence-electron chi connectivity index (χ2n) is 3.94. The molecular formula is C9H15NO4. The molecular weight excluding hydrogens is 186 g/mol. The van der Waals surface area contributed by atoms with Gasteiger partial charge in [-0.1, -0.05) is 0 Å². The minimum atomic E-state index is -0.551. The first-order valence-corrected chi connectivity index (χ1v) is 4.43. The van der Waals surface area contributed by atoms with Crippen LogP contribution in [0.2, 0.25) is 0 Å². The molecule has 80 valence electrons. The Balaban J connectivity index is 2.34. The minimum absolute atomic E-state index is 0.158. The molecule has 0 N–H and O–H groups in total. The molecule has 1 heterocycles. The predicted molar refractivity (Wildman–Crippen MR) is 48.6 cm³/mol. The number of nitrogens with zero attached hydrogens (tertiary/aromatic N) is 1. The van der Waals surface area contributed by atoms with Crippen molar-refractivity contribution < 1.29 is 19.1 Å². The largest absolute Gasteiger partial charge is 0.468 e. The van der Waals surface area contributed by atoms with Gasteiger partial charge in [-0.2, -0.15) is 0 Å². The van der Waals surface area contributed by atoms with Crippen LogP contribution in [0.1, 0.15) is 13.8 Å². The highest BCUT2D eigenvalue weighted by molar-refractivity contribution is 5.78. The molecule has 0 amide bonds. The van der Waals surface area contributed by atoms with Gasteiger partial charge in [-0.15, -0.1) is 0 Å². The van der Waals surface area contributed by atoms with Gasteiger partial charge in [-0.3, -0.25) is 14.5 Å². The van der Waals surface area contributed by atoms with E-state index in [-0.39, 0.29) is 12.0 Å². The number of methoxy groups -OCH3 is 1. The second kappa shape index (κ2) is 3.96. The number of hydrogen-bond donors (Lipinski definition) is 0. The summed E-state index contributed by atoms with van der Waals surface area (Å²) in [6.07, 6.45) is 0. The summed E-state index contributed by atoms with van der Waals surface area (Å²) in [6, 6.07) is -0.158. The van der Waals surface area contributed by atoms with Gasteiger partial charge in [0.2, 0.25) is 0 Å². The molecule has 1 fully saturated rings. The van der Waals surface area contributed by atoms with Crippen molar-refractivity contribution >= 4 is 12.4 Å². The Kier molecular flexibility index (Phi) is 3.10. The molecule has 0 radical (unpaired) electrons. The van der Waals surface area contributed by atoms with Crippen molar-refractivity contribution in [2.24, 2.45) is 0 Å². The van der Waals surface area contributed by atoms with Gasteiger partial charge in [0.15, 0.2) is 0 Å². The Hall–Kier alpha value is -1.10. The van der Waals surface area contributed by atoms with Gasteiger partial charge in [0.1, 0.15) is 11.6 Å². The molecule has 14 heavy (non-hydrogen) atoms. The third kappa shape index (κ3) is 2.70. The Morgan fingerprint density at radius 2 is 2.29 bits per heavy atom. The zero-order chi connectivity index (χ0) is 10.8. The zero-order valence-corrected chi connectivity index (χ0v) is 8.65. The molecule has 2 unspecified atom stereocenters. The monoisotopic (exact) mass is 201 g/mol. The summed E-state index contributed by atoms with van der Waals surface area (Å²) >= 11 is 0. The third-order valence-corrected chi connectivity index (χ3v) is 2.14. The standard InChI is InChI=1S/C9H15NO4/c1-9(2,14-6-11)5-10-4-7(10)8(12)13-3/h6-7H,4-5H2,1-3H3. The fraction of sp³-hybridized carbons (Fsp3) is 0.778. The van der Waals surface area contributed by atoms with Gasteiger partial charge >= 0.3 is 5.97 Å². The van der Waals surface area contributed by atoms with Gasteiger partial charge in [-0.25, -0.2) is 0 Å². The summed E-state index contributed by atoms with van der Waals surface area (Å²) in [6.45, 7) is 5.25. The Bertz CT molecular complexity index is 239. The van der Waals surface area contributed by atoms with Crippen LogP contribution in [0.5, 0.6) is 0 Å². The maximum absolute atomic E-state index is 11.1. The maximum atomic E-state index is 11.1. The molecule has 0 aromatic heterocycles. The molecule has 0 spiro atoms. The number of carbonyl (C=O) groups is 2. The van der Waals surface area contributed by atoms with E-state index in [1.165, 1.54) is 7.11 Å². The molecule has 0 aliphatic carbocycles. The summed E-state index contributed by atoms with van der Waals surface area (Å²) in [5.74, 6) is -0.230. The topological polar surface area (TPSA) is 55.6 Å². The number of esters is 1. The lowest BCUT2D eigenvalue weighted by Gasteiger charge is -2.22. The van der Waals surface area contributed by atoms with E-state index in [1.54, 1.807) is 13.8 Å². The molecule has 5 heteroatoms. The molecule has 5 nitrogen and oxygen atoms in total. The molecule has 0 aromatic carbocycles. The van der Waals surface area contributed by atoms with Crippen LogP contribution in [0, 0.1) is 0 Å². The van der Waals surface area contributed by atoms with Crippen LogP contribution in [0.25, 0.3) is 0 Å². The molecule has 0 bridgehead atoms. The van der Waals surface area contributed by atoms with E-state index in [0.717, 1.165) is 0 Å². The van der Waals surface area contributed by atoms with E-state index in [0.29, 0.717) is 19.6 Å². The smallest absolute Gasteiger partial charge is 0.324 e. The highest BCUT2D eigenvalue weighted by Crippen LogP contribution is 2.23. The average molecular weight is 201 g/mol. The fourth-order valence-electron chi connectivity index (χ4n) is 1.37. The summed E-state index contributed by atoms with van der Waals surface area (Å²) < 4.78 is 9.46. The highest BCUT2D eigenvalue weighted by Gasteiger charge is 2.44. The predicted octanol–water partition coefficient (Wildman–Crippen LogP) is -0.205. The van der Waals surface area contributed by atoms with Crippen LogP contribution in [0.15, 0.2) is 0 Å². The number of carbonyl (C=O) groups excluding carboxylic acids is 2. The van der Waals surface area contributed by atoms with Crippen molar-refractivity contribution in [3.05, 3.63) is 0 Å². The van der Waals surface area contributed by atoms with E-state index >= 15 is 0 Å². The molecule has 1 saturated heterocycles. The van der Waals surface area contributed by atoms with Crippen LogP contribution in [0.3, 0.4) is 0 Å². The van der Waals surface area contributed by atoms with Crippen molar-refractivity contribution in [2.45, 2.75) is 25.5 Å². The lowest BCUT2D eigenvalue weighted by Crippen LogP contribution is -2.34. The summed E-state index contributed by atoms with van der Waals surface area (Å²) in [7, 11) is 1.37. The van der Waals surface area contributed by atoms with E-state index < -0.39 is 5.60 Å². The summed E-state index contributed by atoms with van der Waals surface area (Å²) in [4.78, 5) is 23.1. The van der Waals surface area contributed by atoms with Gasteiger partial charge < -0.3 is 9.47 Å². The van der Waals surface area contributed by atoms with Gasteiger partial charge in [-0.05, 0) is 13.8 Å². The first-order valence-electron chi connectivity index (χ1n) is 4.43. The Labute approximate surface area is 83.0 Å². The van der Waals surface area contributed by atoms with Crippen molar-refractivity contribution in [1.29, 1.82) is 0 Å². The van der Waals surface area contributed by atoms with Crippen molar-refractivity contribution in [2.75, 3.05) is 20.2 Å². The molecule has 1 aliphatic heterocycles. The van der Waals surface area contributed by atoms with Crippen LogP contribution in [0.4, 0.5) is 0 Å². The summed E-state index contributed by atoms with van der Waals surface area (Å²) in [5, 5.41) is 0. The van der Waals surface area contributed by atoms with Gasteiger partial charge in [0, 0.05) is 13.1 Å². The van der Waals surface area contributed by atoms with Crippen LogP contribution < -0.4 is 0 Å². The fourth-order valence-corrected chi connectivity index (χ4v) is 1.37. The maximum Gasteiger partial charge on any atom is 0.324 e. The number of hydrogen-bond acceptors (Lipinski definition) is 5. The van der Waals surface area contributed by atoms with Crippen LogP contribution >= 0.6 is 0 Å². The average Bonchev–Trinajstić information content (AvgIpc) is 2.81. The SMILES string of the molecule is COC(=O)C1CN1CC(C)(C)OC=O.